The Balaban J connectivity index is 2.65. The average molecular weight is 478 g/mol. The second-order valence-corrected chi connectivity index (χ2v) is 12.4. The van der Waals surface area contributed by atoms with E-state index in [2.05, 4.69) is 0 Å². The summed E-state index contributed by atoms with van der Waals surface area (Å²) in [6.07, 6.45) is 0.559. The molecular weight excluding hydrogens is 446 g/mol. The molecule has 6 nitrogen and oxygen atoms in total. The summed E-state index contributed by atoms with van der Waals surface area (Å²) in [7, 11) is -9.39. The predicted molar refractivity (Wildman–Crippen MR) is 130 cm³/mol. The second kappa shape index (κ2) is 8.68. The van der Waals surface area contributed by atoms with Crippen molar-refractivity contribution in [2.24, 2.45) is 0 Å². The zero-order chi connectivity index (χ0) is 23.9. The lowest BCUT2D eigenvalue weighted by molar-refractivity contribution is 0.302. The molecule has 4 N–H and O–H groups in total. The summed E-state index contributed by atoms with van der Waals surface area (Å²) >= 11 is 0. The smallest absolute Gasteiger partial charge is 0.324 e. The highest BCUT2D eigenvalue weighted by Gasteiger charge is 2.53. The Morgan fingerprint density at radius 3 is 1.56 bits per heavy atom. The molecule has 0 aromatic heterocycles. The minimum absolute atomic E-state index is 0.136. The number of hydrogen-bond acceptors (Lipinski definition) is 2. The lowest BCUT2D eigenvalue weighted by Gasteiger charge is -2.41. The van der Waals surface area contributed by atoms with Crippen LogP contribution < -0.4 is 0 Å². The van der Waals surface area contributed by atoms with Crippen molar-refractivity contribution >= 4 is 36.7 Å². The molecule has 0 fully saturated rings. The summed E-state index contributed by atoms with van der Waals surface area (Å²) in [4.78, 5) is 42.2. The molecule has 0 spiro atoms. The van der Waals surface area contributed by atoms with Crippen molar-refractivity contribution in [2.45, 2.75) is 63.7 Å². The first-order valence-electron chi connectivity index (χ1n) is 11.0. The zero-order valence-electron chi connectivity index (χ0n) is 18.9. The van der Waals surface area contributed by atoms with E-state index < -0.39 is 25.5 Å². The van der Waals surface area contributed by atoms with Gasteiger partial charge in [0.1, 0.15) is 0 Å². The summed E-state index contributed by atoms with van der Waals surface area (Å²) in [5.41, 5.74) is 0.705. The SMILES string of the molecule is CCC(CC)(c1ccc2cc3ccccc3cc2c1C(CC)(CC)P(=O)(O)O)P(=O)(O)O. The maximum Gasteiger partial charge on any atom is 0.336 e. The molecule has 0 aliphatic heterocycles. The van der Waals surface area contributed by atoms with E-state index in [4.69, 9.17) is 0 Å². The van der Waals surface area contributed by atoms with Gasteiger partial charge in [-0.15, -0.1) is 0 Å². The monoisotopic (exact) mass is 478 g/mol. The van der Waals surface area contributed by atoms with Crippen molar-refractivity contribution in [1.29, 1.82) is 0 Å². The van der Waals surface area contributed by atoms with Gasteiger partial charge in [0.05, 0.1) is 10.3 Å². The molecule has 3 aromatic carbocycles. The molecule has 0 atom stereocenters. The van der Waals surface area contributed by atoms with E-state index in [1.165, 1.54) is 0 Å². The Hall–Kier alpha value is -1.52. The molecule has 0 heterocycles. The van der Waals surface area contributed by atoms with Crippen LogP contribution in [0.1, 0.15) is 64.5 Å². The lowest BCUT2D eigenvalue weighted by Crippen LogP contribution is -2.33. The molecule has 0 aliphatic carbocycles. The standard InChI is InChI=1S/C24H32O6P2/c1-5-23(6-2,31(25,26)27)21-14-13-19-15-17-11-9-10-12-18(17)16-20(19)22(21)24(7-3,8-4)32(28,29)30/h9-16H,5-8H2,1-4H3,(H2,25,26,27)(H2,28,29,30). The normalized spacial score (nSPS) is 13.8. The molecule has 8 heteroatoms. The first-order valence-corrected chi connectivity index (χ1v) is 14.2. The fraction of sp³-hybridized carbons (Fsp3) is 0.417. The highest BCUT2D eigenvalue weighted by Crippen LogP contribution is 2.68. The van der Waals surface area contributed by atoms with Crippen LogP contribution in [0, 0.1) is 0 Å². The fourth-order valence-electron chi connectivity index (χ4n) is 5.26. The van der Waals surface area contributed by atoms with Crippen LogP contribution in [0.5, 0.6) is 0 Å². The van der Waals surface area contributed by atoms with Crippen LogP contribution in [-0.4, -0.2) is 19.6 Å². The number of fused-ring (bicyclic) bond motifs is 2. The van der Waals surface area contributed by atoms with Gasteiger partial charge in [-0.05, 0) is 70.5 Å². The second-order valence-electron chi connectivity index (χ2n) is 8.47. The molecular formula is C24H32O6P2. The molecule has 0 aliphatic rings. The molecule has 0 radical (unpaired) electrons. The molecule has 3 rings (SSSR count). The summed E-state index contributed by atoms with van der Waals surface area (Å²) in [6.45, 7) is 6.88. The van der Waals surface area contributed by atoms with Crippen molar-refractivity contribution in [3.05, 3.63) is 59.7 Å². The number of benzene rings is 3. The third kappa shape index (κ3) is 3.68. The van der Waals surface area contributed by atoms with E-state index in [-0.39, 0.29) is 25.7 Å². The minimum atomic E-state index is -4.72. The van der Waals surface area contributed by atoms with E-state index in [0.717, 1.165) is 16.2 Å². The van der Waals surface area contributed by atoms with Gasteiger partial charge >= 0.3 is 15.2 Å². The van der Waals surface area contributed by atoms with Gasteiger partial charge in [0.25, 0.3) is 0 Å². The maximum absolute atomic E-state index is 13.0. The highest BCUT2D eigenvalue weighted by molar-refractivity contribution is 7.53. The van der Waals surface area contributed by atoms with Crippen LogP contribution in [0.4, 0.5) is 0 Å². The average Bonchev–Trinajstić information content (AvgIpc) is 2.73. The van der Waals surface area contributed by atoms with Crippen molar-refractivity contribution < 1.29 is 28.7 Å². The van der Waals surface area contributed by atoms with Crippen LogP contribution >= 0.6 is 15.2 Å². The predicted octanol–water partition coefficient (Wildman–Crippen LogP) is 6.38. The Kier molecular flexibility index (Phi) is 6.81. The number of hydrogen-bond donors (Lipinski definition) is 4. The van der Waals surface area contributed by atoms with Gasteiger partial charge < -0.3 is 19.6 Å². The molecule has 0 saturated heterocycles. The van der Waals surface area contributed by atoms with Crippen molar-refractivity contribution in [3.8, 4) is 0 Å². The van der Waals surface area contributed by atoms with Gasteiger partial charge in [0.2, 0.25) is 0 Å². The Morgan fingerprint density at radius 2 is 1.12 bits per heavy atom. The summed E-state index contributed by atoms with van der Waals surface area (Å²) in [6, 6.07) is 15.1. The van der Waals surface area contributed by atoms with Gasteiger partial charge in [0, 0.05) is 0 Å². The van der Waals surface area contributed by atoms with Crippen LogP contribution in [-0.2, 0) is 19.4 Å². The van der Waals surface area contributed by atoms with Crippen molar-refractivity contribution in [2.75, 3.05) is 0 Å². The Morgan fingerprint density at radius 1 is 0.656 bits per heavy atom. The van der Waals surface area contributed by atoms with E-state index >= 15 is 0 Å². The van der Waals surface area contributed by atoms with E-state index in [1.54, 1.807) is 33.8 Å². The topological polar surface area (TPSA) is 115 Å². The first-order chi connectivity index (χ1) is 14.9. The Bertz CT molecular complexity index is 1230. The molecule has 0 amide bonds. The van der Waals surface area contributed by atoms with Gasteiger partial charge in [-0.2, -0.15) is 0 Å². The van der Waals surface area contributed by atoms with Crippen molar-refractivity contribution in [3.63, 3.8) is 0 Å². The van der Waals surface area contributed by atoms with Gasteiger partial charge in [0.15, 0.2) is 0 Å². The molecule has 3 aromatic rings. The largest absolute Gasteiger partial charge is 0.336 e. The molecule has 174 valence electrons. The molecule has 32 heavy (non-hydrogen) atoms. The minimum Gasteiger partial charge on any atom is -0.324 e. The summed E-state index contributed by atoms with van der Waals surface area (Å²) in [5, 5.41) is 0.213. The number of rotatable bonds is 8. The Labute approximate surface area is 189 Å². The maximum atomic E-state index is 13.0. The van der Waals surface area contributed by atoms with Crippen molar-refractivity contribution in [1.82, 2.24) is 0 Å². The quantitative estimate of drug-likeness (QED) is 0.221. The lowest BCUT2D eigenvalue weighted by atomic mass is 9.78. The molecule has 0 unspecified atom stereocenters. The van der Waals surface area contributed by atoms with E-state index in [0.29, 0.717) is 16.5 Å². The van der Waals surface area contributed by atoms with Gasteiger partial charge in [-0.1, -0.05) is 64.1 Å². The van der Waals surface area contributed by atoms with Gasteiger partial charge in [-0.25, -0.2) is 0 Å². The zero-order valence-corrected chi connectivity index (χ0v) is 20.7. The third-order valence-electron chi connectivity index (χ3n) is 7.31. The third-order valence-corrected chi connectivity index (χ3v) is 11.3. The fourth-order valence-corrected chi connectivity index (χ4v) is 7.94. The molecule has 0 bridgehead atoms. The van der Waals surface area contributed by atoms with Crippen LogP contribution in [0.15, 0.2) is 48.5 Å². The van der Waals surface area contributed by atoms with Crippen LogP contribution in [0.2, 0.25) is 0 Å². The van der Waals surface area contributed by atoms with Crippen LogP contribution in [0.3, 0.4) is 0 Å². The van der Waals surface area contributed by atoms with E-state index in [1.807, 2.05) is 42.5 Å². The summed E-state index contributed by atoms with van der Waals surface area (Å²) in [5.74, 6) is 0. The highest BCUT2D eigenvalue weighted by atomic mass is 31.2. The van der Waals surface area contributed by atoms with E-state index in [9.17, 15) is 28.7 Å². The first kappa shape index (κ1) is 25.1. The van der Waals surface area contributed by atoms with Crippen LogP contribution in [0.25, 0.3) is 21.5 Å². The summed E-state index contributed by atoms with van der Waals surface area (Å²) < 4.78 is 25.9. The van der Waals surface area contributed by atoms with Gasteiger partial charge in [-0.3, -0.25) is 9.13 Å². The molecule has 0 saturated carbocycles.